The monoisotopic (exact) mass is 351 g/mol. The van der Waals surface area contributed by atoms with E-state index in [4.69, 9.17) is 4.42 Å². The number of nitrogens with one attached hydrogen (secondary N) is 1. The molecule has 5 nitrogen and oxygen atoms in total. The number of rotatable bonds is 4. The van der Waals surface area contributed by atoms with Crippen LogP contribution in [0.1, 0.15) is 50.0 Å². The van der Waals surface area contributed by atoms with E-state index in [0.717, 1.165) is 42.6 Å². The zero-order valence-electron chi connectivity index (χ0n) is 15.2. The van der Waals surface area contributed by atoms with Gasteiger partial charge in [0.05, 0.1) is 6.54 Å². The summed E-state index contributed by atoms with van der Waals surface area (Å²) in [6.45, 7) is 2.36. The van der Waals surface area contributed by atoms with Crippen LogP contribution in [0.25, 0.3) is 11.5 Å². The fourth-order valence-corrected chi connectivity index (χ4v) is 5.87. The molecule has 5 heteroatoms. The van der Waals surface area contributed by atoms with E-state index in [1.807, 2.05) is 31.2 Å². The molecule has 1 aromatic heterocycles. The van der Waals surface area contributed by atoms with Gasteiger partial charge in [0.15, 0.2) is 0 Å². The van der Waals surface area contributed by atoms with E-state index in [0.29, 0.717) is 18.3 Å². The van der Waals surface area contributed by atoms with Gasteiger partial charge in [-0.15, -0.1) is 10.2 Å². The number of nitrogens with zero attached hydrogens (tertiary/aromatic N) is 2. The second-order valence-corrected chi connectivity index (χ2v) is 8.75. The molecule has 0 saturated heterocycles. The summed E-state index contributed by atoms with van der Waals surface area (Å²) in [5.74, 6) is 3.48. The second kappa shape index (κ2) is 5.93. The van der Waals surface area contributed by atoms with Crippen molar-refractivity contribution in [1.82, 2.24) is 15.5 Å². The molecular formula is C21H25N3O2. The lowest BCUT2D eigenvalue weighted by molar-refractivity contribution is -0.146. The molecule has 2 aromatic rings. The molecule has 0 atom stereocenters. The van der Waals surface area contributed by atoms with Gasteiger partial charge in [-0.2, -0.15) is 0 Å². The number of benzene rings is 1. The lowest BCUT2D eigenvalue weighted by Crippen LogP contribution is -2.53. The van der Waals surface area contributed by atoms with E-state index in [9.17, 15) is 4.79 Å². The van der Waals surface area contributed by atoms with E-state index in [1.54, 1.807) is 0 Å². The van der Waals surface area contributed by atoms with Gasteiger partial charge in [0.1, 0.15) is 0 Å². The van der Waals surface area contributed by atoms with Crippen molar-refractivity contribution in [3.63, 3.8) is 0 Å². The van der Waals surface area contributed by atoms with Gasteiger partial charge >= 0.3 is 0 Å². The Labute approximate surface area is 153 Å². The molecule has 6 rings (SSSR count). The summed E-state index contributed by atoms with van der Waals surface area (Å²) in [7, 11) is 0. The van der Waals surface area contributed by atoms with Crippen molar-refractivity contribution in [2.45, 2.75) is 52.0 Å². The van der Waals surface area contributed by atoms with Crippen molar-refractivity contribution < 1.29 is 9.21 Å². The Morgan fingerprint density at radius 1 is 1.08 bits per heavy atom. The normalized spacial score (nSPS) is 32.0. The molecule has 0 unspecified atom stereocenters. The van der Waals surface area contributed by atoms with Crippen LogP contribution in [-0.2, 0) is 11.3 Å². The molecule has 1 N–H and O–H groups in total. The van der Waals surface area contributed by atoms with Crippen molar-refractivity contribution in [3.05, 3.63) is 35.7 Å². The summed E-state index contributed by atoms with van der Waals surface area (Å²) in [5, 5.41) is 11.3. The third-order valence-electron chi connectivity index (χ3n) is 6.69. The first kappa shape index (κ1) is 16.0. The van der Waals surface area contributed by atoms with Crippen LogP contribution in [0.4, 0.5) is 0 Å². The first-order valence-corrected chi connectivity index (χ1v) is 9.77. The standard InChI is InChI=1S/C21H25N3O2/c1-13-2-4-17(5-3-13)19-24-23-18(26-19)12-22-20(25)21-9-14-6-15(10-21)8-16(7-14)11-21/h2-5,14-16H,6-12H2,1H3,(H,22,25). The van der Waals surface area contributed by atoms with Gasteiger partial charge in [-0.25, -0.2) is 0 Å². The third-order valence-corrected chi connectivity index (χ3v) is 6.69. The number of amides is 1. The highest BCUT2D eigenvalue weighted by Gasteiger charge is 2.54. The third kappa shape index (κ3) is 2.74. The fourth-order valence-electron chi connectivity index (χ4n) is 5.87. The number of hydrogen-bond acceptors (Lipinski definition) is 4. The van der Waals surface area contributed by atoms with Crippen LogP contribution in [0.5, 0.6) is 0 Å². The van der Waals surface area contributed by atoms with Crippen molar-refractivity contribution in [2.24, 2.45) is 23.2 Å². The van der Waals surface area contributed by atoms with Gasteiger partial charge in [-0.3, -0.25) is 4.79 Å². The number of carbonyl (C=O) groups excluding carboxylic acids is 1. The van der Waals surface area contributed by atoms with Crippen molar-refractivity contribution in [3.8, 4) is 11.5 Å². The van der Waals surface area contributed by atoms with E-state index in [-0.39, 0.29) is 11.3 Å². The van der Waals surface area contributed by atoms with Crippen LogP contribution < -0.4 is 5.32 Å². The van der Waals surface area contributed by atoms with Gasteiger partial charge in [0.2, 0.25) is 17.7 Å². The molecule has 4 saturated carbocycles. The predicted molar refractivity (Wildman–Crippen MR) is 96.9 cm³/mol. The minimum absolute atomic E-state index is 0.130. The topological polar surface area (TPSA) is 68.0 Å². The number of carbonyl (C=O) groups is 1. The first-order chi connectivity index (χ1) is 12.6. The Hall–Kier alpha value is -2.17. The molecule has 1 heterocycles. The highest BCUT2D eigenvalue weighted by molar-refractivity contribution is 5.83. The lowest BCUT2D eigenvalue weighted by Gasteiger charge is -2.55. The van der Waals surface area contributed by atoms with Crippen LogP contribution in [0.15, 0.2) is 28.7 Å². The molecule has 4 aliphatic rings. The number of aromatic nitrogens is 2. The van der Waals surface area contributed by atoms with Crippen molar-refractivity contribution >= 4 is 5.91 Å². The average Bonchev–Trinajstić information content (AvgIpc) is 3.08. The molecular weight excluding hydrogens is 326 g/mol. The van der Waals surface area contributed by atoms with E-state index in [1.165, 1.54) is 24.8 Å². The maximum absolute atomic E-state index is 13.0. The lowest BCUT2D eigenvalue weighted by atomic mass is 9.49. The van der Waals surface area contributed by atoms with Gasteiger partial charge in [0.25, 0.3) is 0 Å². The van der Waals surface area contributed by atoms with Gasteiger partial charge < -0.3 is 9.73 Å². The molecule has 0 radical (unpaired) electrons. The van der Waals surface area contributed by atoms with Gasteiger partial charge in [-0.1, -0.05) is 17.7 Å². The molecule has 136 valence electrons. The fraction of sp³-hybridized carbons (Fsp3) is 0.571. The molecule has 4 fully saturated rings. The molecule has 0 spiro atoms. The maximum atomic E-state index is 13.0. The second-order valence-electron chi connectivity index (χ2n) is 8.75. The Morgan fingerprint density at radius 3 is 2.31 bits per heavy atom. The van der Waals surface area contributed by atoms with E-state index in [2.05, 4.69) is 15.5 Å². The van der Waals surface area contributed by atoms with Crippen LogP contribution in [0.3, 0.4) is 0 Å². The van der Waals surface area contributed by atoms with Crippen molar-refractivity contribution in [1.29, 1.82) is 0 Å². The number of hydrogen-bond donors (Lipinski definition) is 1. The number of aryl methyl sites for hydroxylation is 1. The minimum Gasteiger partial charge on any atom is -0.419 e. The quantitative estimate of drug-likeness (QED) is 0.908. The molecule has 4 aliphatic carbocycles. The van der Waals surface area contributed by atoms with E-state index < -0.39 is 0 Å². The Bertz CT molecular complexity index is 789. The summed E-state index contributed by atoms with van der Waals surface area (Å²) in [5.41, 5.74) is 1.97. The van der Waals surface area contributed by atoms with Crippen LogP contribution in [0, 0.1) is 30.1 Å². The van der Waals surface area contributed by atoms with Crippen LogP contribution in [-0.4, -0.2) is 16.1 Å². The highest BCUT2D eigenvalue weighted by atomic mass is 16.4. The zero-order chi connectivity index (χ0) is 17.7. The minimum atomic E-state index is -0.130. The maximum Gasteiger partial charge on any atom is 0.247 e. The summed E-state index contributed by atoms with van der Waals surface area (Å²) >= 11 is 0. The summed E-state index contributed by atoms with van der Waals surface area (Å²) in [6, 6.07) is 7.99. The Morgan fingerprint density at radius 2 is 1.69 bits per heavy atom. The highest BCUT2D eigenvalue weighted by Crippen LogP contribution is 2.60. The molecule has 26 heavy (non-hydrogen) atoms. The predicted octanol–water partition coefficient (Wildman–Crippen LogP) is 3.88. The smallest absolute Gasteiger partial charge is 0.247 e. The average molecular weight is 351 g/mol. The molecule has 1 amide bonds. The van der Waals surface area contributed by atoms with Crippen LogP contribution >= 0.6 is 0 Å². The van der Waals surface area contributed by atoms with Crippen LogP contribution in [0.2, 0.25) is 0 Å². The SMILES string of the molecule is Cc1ccc(-c2nnc(CNC(=O)C34CC5CC(CC(C5)C3)C4)o2)cc1. The Balaban J connectivity index is 1.25. The molecule has 1 aromatic carbocycles. The molecule has 4 bridgehead atoms. The van der Waals surface area contributed by atoms with E-state index >= 15 is 0 Å². The van der Waals surface area contributed by atoms with Gasteiger partial charge in [0, 0.05) is 11.0 Å². The summed E-state index contributed by atoms with van der Waals surface area (Å²) < 4.78 is 5.74. The summed E-state index contributed by atoms with van der Waals surface area (Å²) in [6.07, 6.45) is 7.25. The zero-order valence-corrected chi connectivity index (χ0v) is 15.2. The van der Waals surface area contributed by atoms with Gasteiger partial charge in [-0.05, 0) is 75.3 Å². The van der Waals surface area contributed by atoms with Crippen molar-refractivity contribution in [2.75, 3.05) is 0 Å². The molecule has 0 aliphatic heterocycles. The Kier molecular flexibility index (Phi) is 3.66. The largest absolute Gasteiger partial charge is 0.419 e. The first-order valence-electron chi connectivity index (χ1n) is 9.77. The summed E-state index contributed by atoms with van der Waals surface area (Å²) in [4.78, 5) is 13.0.